The molecule has 4 heteroatoms. The number of hydrogen-bond acceptors (Lipinski definition) is 4. The zero-order valence-corrected chi connectivity index (χ0v) is 18.7. The van der Waals surface area contributed by atoms with Crippen molar-refractivity contribution in [2.24, 2.45) is 0 Å². The van der Waals surface area contributed by atoms with E-state index in [1.54, 1.807) is 7.11 Å². The fourth-order valence-corrected chi connectivity index (χ4v) is 2.86. The average molecular weight is 387 g/mol. The number of rotatable bonds is 21. The summed E-state index contributed by atoms with van der Waals surface area (Å²) < 4.78 is 22.9. The Balaban J connectivity index is 4.66. The van der Waals surface area contributed by atoms with Gasteiger partial charge < -0.3 is 18.9 Å². The van der Waals surface area contributed by atoms with Crippen molar-refractivity contribution in [3.63, 3.8) is 0 Å². The van der Waals surface area contributed by atoms with Crippen LogP contribution < -0.4 is 0 Å². The van der Waals surface area contributed by atoms with Crippen LogP contribution in [0.1, 0.15) is 111 Å². The molecule has 0 aromatic carbocycles. The fraction of sp³-hybridized carbons (Fsp3) is 0.913. The highest BCUT2D eigenvalue weighted by molar-refractivity contribution is 4.95. The van der Waals surface area contributed by atoms with Crippen LogP contribution >= 0.6 is 0 Å². The van der Waals surface area contributed by atoms with E-state index < -0.39 is 0 Å². The van der Waals surface area contributed by atoms with E-state index in [1.165, 1.54) is 64.2 Å². The molecule has 4 nitrogen and oxygen atoms in total. The van der Waals surface area contributed by atoms with Crippen molar-refractivity contribution in [2.75, 3.05) is 27.1 Å². The molecule has 27 heavy (non-hydrogen) atoms. The average Bonchev–Trinajstić information content (AvgIpc) is 2.68. The quantitative estimate of drug-likeness (QED) is 0.117. The van der Waals surface area contributed by atoms with E-state index in [0.29, 0.717) is 12.6 Å². The van der Waals surface area contributed by atoms with Gasteiger partial charge >= 0.3 is 5.95 Å². The first-order chi connectivity index (χ1) is 13.3. The van der Waals surface area contributed by atoms with Crippen molar-refractivity contribution in [3.05, 3.63) is 11.7 Å². The molecule has 0 saturated heterocycles. The molecule has 0 amide bonds. The van der Waals surface area contributed by atoms with Gasteiger partial charge in [-0.1, -0.05) is 85.0 Å². The molecule has 162 valence electrons. The zero-order chi connectivity index (χ0) is 20.0. The van der Waals surface area contributed by atoms with Gasteiger partial charge in [0.2, 0.25) is 0 Å². The molecular weight excluding hydrogens is 340 g/mol. The predicted molar refractivity (Wildman–Crippen MR) is 114 cm³/mol. The van der Waals surface area contributed by atoms with Crippen LogP contribution in [0.25, 0.3) is 0 Å². The van der Waals surface area contributed by atoms with Crippen molar-refractivity contribution < 1.29 is 18.9 Å². The predicted octanol–water partition coefficient (Wildman–Crippen LogP) is 7.33. The highest BCUT2D eigenvalue weighted by Crippen LogP contribution is 2.20. The maximum absolute atomic E-state index is 6.11. The van der Waals surface area contributed by atoms with Crippen LogP contribution in [0.15, 0.2) is 11.7 Å². The van der Waals surface area contributed by atoms with Crippen LogP contribution in [0.2, 0.25) is 0 Å². The molecule has 0 atom stereocenters. The molecule has 0 saturated carbocycles. The largest absolute Gasteiger partial charge is 0.491 e. The van der Waals surface area contributed by atoms with Gasteiger partial charge in [0.15, 0.2) is 12.6 Å². The Labute approximate surface area is 169 Å². The maximum Gasteiger partial charge on any atom is 0.321 e. The lowest BCUT2D eigenvalue weighted by Crippen LogP contribution is -2.09. The van der Waals surface area contributed by atoms with E-state index in [4.69, 9.17) is 18.9 Å². The number of ether oxygens (including phenoxy) is 4. The van der Waals surface area contributed by atoms with E-state index in [-0.39, 0.29) is 6.79 Å². The summed E-state index contributed by atoms with van der Waals surface area (Å²) >= 11 is 0. The van der Waals surface area contributed by atoms with Crippen LogP contribution in [-0.4, -0.2) is 27.1 Å². The molecule has 0 radical (unpaired) electrons. The molecule has 0 spiro atoms. The Bertz CT molecular complexity index is 312. The van der Waals surface area contributed by atoms with Crippen LogP contribution in [0, 0.1) is 0 Å². The lowest BCUT2D eigenvalue weighted by atomic mass is 10.1. The first kappa shape index (κ1) is 26.1. The van der Waals surface area contributed by atoms with Gasteiger partial charge in [0, 0.05) is 13.5 Å². The third-order valence-corrected chi connectivity index (χ3v) is 4.55. The molecule has 0 aromatic heterocycles. The van der Waals surface area contributed by atoms with Crippen molar-refractivity contribution >= 4 is 0 Å². The minimum absolute atomic E-state index is 0.197. The van der Waals surface area contributed by atoms with Crippen molar-refractivity contribution in [2.45, 2.75) is 111 Å². The molecule has 0 bridgehead atoms. The third kappa shape index (κ3) is 17.0. The summed E-state index contributed by atoms with van der Waals surface area (Å²) in [6.07, 6.45) is 16.6. The van der Waals surface area contributed by atoms with Crippen LogP contribution in [0.3, 0.4) is 0 Å². The molecule has 0 aliphatic carbocycles. The van der Waals surface area contributed by atoms with Crippen LogP contribution in [-0.2, 0) is 18.9 Å². The standard InChI is InChI=1S/C23H46O4/c1-5-8-11-14-15-18-22(25-19-16-12-9-6-2)23(27-21-24-4)26-20-17-13-10-7-3/h5-21H2,1-4H3. The summed E-state index contributed by atoms with van der Waals surface area (Å²) in [5.74, 6) is 1.41. The Morgan fingerprint density at radius 1 is 0.556 bits per heavy atom. The maximum atomic E-state index is 6.11. The molecule has 0 aliphatic heterocycles. The normalized spacial score (nSPS) is 12.0. The molecule has 0 heterocycles. The zero-order valence-electron chi connectivity index (χ0n) is 18.7. The van der Waals surface area contributed by atoms with Gasteiger partial charge in [-0.15, -0.1) is 0 Å². The van der Waals surface area contributed by atoms with E-state index in [2.05, 4.69) is 20.8 Å². The van der Waals surface area contributed by atoms with Gasteiger partial charge in [-0.25, -0.2) is 0 Å². The smallest absolute Gasteiger partial charge is 0.321 e. The second-order valence-corrected chi connectivity index (χ2v) is 7.24. The Morgan fingerprint density at radius 3 is 1.63 bits per heavy atom. The molecule has 0 rings (SSSR count). The number of allylic oxidation sites excluding steroid dienone is 1. The van der Waals surface area contributed by atoms with E-state index in [0.717, 1.165) is 38.0 Å². The summed E-state index contributed by atoms with van der Waals surface area (Å²) in [5, 5.41) is 0. The fourth-order valence-electron chi connectivity index (χ4n) is 2.86. The second kappa shape index (κ2) is 21.4. The number of methoxy groups -OCH3 is 1. The number of unbranched alkanes of at least 4 members (excludes halogenated alkanes) is 10. The first-order valence-electron chi connectivity index (χ1n) is 11.4. The van der Waals surface area contributed by atoms with Gasteiger partial charge in [-0.2, -0.15) is 0 Å². The van der Waals surface area contributed by atoms with E-state index in [9.17, 15) is 0 Å². The lowest BCUT2D eigenvalue weighted by Gasteiger charge is -2.17. The molecular formula is C23H46O4. The summed E-state index contributed by atoms with van der Waals surface area (Å²) in [7, 11) is 1.63. The second-order valence-electron chi connectivity index (χ2n) is 7.24. The van der Waals surface area contributed by atoms with Gasteiger partial charge in [-0.3, -0.25) is 0 Å². The monoisotopic (exact) mass is 386 g/mol. The SMILES string of the molecule is CCCCCCCC(OCCCCCC)=C(OCCCCCC)OCOC. The summed E-state index contributed by atoms with van der Waals surface area (Å²) in [5.41, 5.74) is 0. The Hall–Kier alpha value is -0.900. The van der Waals surface area contributed by atoms with Crippen LogP contribution in [0.4, 0.5) is 0 Å². The molecule has 0 fully saturated rings. The van der Waals surface area contributed by atoms with Crippen molar-refractivity contribution in [1.29, 1.82) is 0 Å². The first-order valence-corrected chi connectivity index (χ1v) is 11.4. The Kier molecular flexibility index (Phi) is 20.7. The molecule has 0 aliphatic rings. The molecule has 0 unspecified atom stereocenters. The highest BCUT2D eigenvalue weighted by atomic mass is 16.7. The highest BCUT2D eigenvalue weighted by Gasteiger charge is 2.13. The van der Waals surface area contributed by atoms with Crippen molar-refractivity contribution in [3.8, 4) is 0 Å². The van der Waals surface area contributed by atoms with E-state index >= 15 is 0 Å². The third-order valence-electron chi connectivity index (χ3n) is 4.55. The van der Waals surface area contributed by atoms with Gasteiger partial charge in [0.1, 0.15) is 0 Å². The van der Waals surface area contributed by atoms with Crippen LogP contribution in [0.5, 0.6) is 0 Å². The van der Waals surface area contributed by atoms with Gasteiger partial charge in [0.05, 0.1) is 13.2 Å². The lowest BCUT2D eigenvalue weighted by molar-refractivity contribution is -0.0692. The molecule has 0 aromatic rings. The van der Waals surface area contributed by atoms with Gasteiger partial charge in [-0.05, 0) is 19.3 Å². The molecule has 0 N–H and O–H groups in total. The Morgan fingerprint density at radius 2 is 1.07 bits per heavy atom. The summed E-state index contributed by atoms with van der Waals surface area (Å²) in [6, 6.07) is 0. The summed E-state index contributed by atoms with van der Waals surface area (Å²) in [6.45, 7) is 8.31. The summed E-state index contributed by atoms with van der Waals surface area (Å²) in [4.78, 5) is 0. The minimum Gasteiger partial charge on any atom is -0.491 e. The van der Waals surface area contributed by atoms with E-state index in [1.807, 2.05) is 0 Å². The minimum atomic E-state index is 0.197. The number of hydrogen-bond donors (Lipinski definition) is 0. The topological polar surface area (TPSA) is 36.9 Å². The van der Waals surface area contributed by atoms with Crippen molar-refractivity contribution in [1.82, 2.24) is 0 Å². The van der Waals surface area contributed by atoms with Gasteiger partial charge in [0.25, 0.3) is 0 Å².